The topological polar surface area (TPSA) is 37.3 Å². The van der Waals surface area contributed by atoms with Gasteiger partial charge in [0, 0.05) is 6.42 Å². The molecule has 0 atom stereocenters. The summed E-state index contributed by atoms with van der Waals surface area (Å²) in [6.45, 7) is 2.30. The first-order valence-electron chi connectivity index (χ1n) is 16.5. The van der Waals surface area contributed by atoms with Crippen LogP contribution in [0.3, 0.4) is 0 Å². The van der Waals surface area contributed by atoms with Crippen LogP contribution in [0.4, 0.5) is 0 Å². The minimum atomic E-state index is -0.648. The second-order valence-corrected chi connectivity index (χ2v) is 11.4. The Hall–Kier alpha value is 0.730. The summed E-state index contributed by atoms with van der Waals surface area (Å²) in [6.07, 6.45) is 42.4. The molecule has 0 aliphatic carbocycles. The maximum absolute atomic E-state index is 10.5. The molecule has 0 rings (SSSR count). The molecule has 0 aromatic rings. The van der Waals surface area contributed by atoms with E-state index in [1.165, 1.54) is 180 Å². The second-order valence-electron chi connectivity index (χ2n) is 11.4. The van der Waals surface area contributed by atoms with Crippen LogP contribution < -0.4 is 0 Å². The molecule has 0 amide bonds. The summed E-state index contributed by atoms with van der Waals surface area (Å²) in [5, 5.41) is 8.62. The molecular formula is C33H68CaO2. The summed E-state index contributed by atoms with van der Waals surface area (Å²) in [6, 6.07) is 0. The fraction of sp³-hybridized carbons (Fsp3) is 0.970. The molecule has 0 aromatic carbocycles. The van der Waals surface area contributed by atoms with E-state index in [2.05, 4.69) is 6.92 Å². The molecule has 0 aliphatic heterocycles. The van der Waals surface area contributed by atoms with Gasteiger partial charge in [-0.1, -0.05) is 193 Å². The van der Waals surface area contributed by atoms with Gasteiger partial charge in [-0.3, -0.25) is 4.79 Å². The van der Waals surface area contributed by atoms with E-state index in [1.807, 2.05) is 0 Å². The van der Waals surface area contributed by atoms with Gasteiger partial charge in [0.2, 0.25) is 0 Å². The number of unbranched alkanes of at least 4 members (excludes halogenated alkanes) is 29. The summed E-state index contributed by atoms with van der Waals surface area (Å²) >= 11 is 0. The number of carboxylic acids is 1. The van der Waals surface area contributed by atoms with Crippen molar-refractivity contribution in [1.29, 1.82) is 0 Å². The van der Waals surface area contributed by atoms with Gasteiger partial charge < -0.3 is 5.11 Å². The molecule has 0 unspecified atom stereocenters. The van der Waals surface area contributed by atoms with Crippen LogP contribution in [0.2, 0.25) is 0 Å². The van der Waals surface area contributed by atoms with Crippen molar-refractivity contribution < 1.29 is 9.90 Å². The van der Waals surface area contributed by atoms with Crippen molar-refractivity contribution in [2.75, 3.05) is 0 Å². The van der Waals surface area contributed by atoms with Gasteiger partial charge in [0.25, 0.3) is 0 Å². The van der Waals surface area contributed by atoms with E-state index in [9.17, 15) is 4.79 Å². The second kappa shape index (κ2) is 35.7. The zero-order chi connectivity index (χ0) is 25.5. The summed E-state index contributed by atoms with van der Waals surface area (Å²) in [4.78, 5) is 10.5. The number of rotatable bonds is 31. The van der Waals surface area contributed by atoms with Crippen molar-refractivity contribution in [1.82, 2.24) is 0 Å². The molecule has 0 bridgehead atoms. The standard InChI is InChI=1S/C33H66O2.Ca.2H/c1-2-3-4-5-6-7-8-9-10-11-12-13-14-15-16-17-18-19-20-21-22-23-24-25-26-27-28-29-30-31-32-33(34)35;;;/h2-32H2,1H3,(H,34,35);;;. The van der Waals surface area contributed by atoms with E-state index in [-0.39, 0.29) is 37.7 Å². The number of hydrogen-bond acceptors (Lipinski definition) is 1. The van der Waals surface area contributed by atoms with Crippen LogP contribution in [0, 0.1) is 0 Å². The molecule has 0 saturated carbocycles. The van der Waals surface area contributed by atoms with Gasteiger partial charge in [-0.05, 0) is 6.42 Å². The Morgan fingerprint density at radius 2 is 0.528 bits per heavy atom. The van der Waals surface area contributed by atoms with Crippen molar-refractivity contribution in [2.24, 2.45) is 0 Å². The molecule has 0 spiro atoms. The Labute approximate surface area is 257 Å². The molecule has 0 aliphatic rings. The number of carboxylic acid groups (broad SMARTS) is 1. The van der Waals surface area contributed by atoms with E-state index in [1.54, 1.807) is 0 Å². The quantitative estimate of drug-likeness (QED) is 0.0706. The Morgan fingerprint density at radius 1 is 0.361 bits per heavy atom. The van der Waals surface area contributed by atoms with Crippen LogP contribution in [-0.4, -0.2) is 48.8 Å². The molecule has 0 radical (unpaired) electrons. The van der Waals surface area contributed by atoms with E-state index >= 15 is 0 Å². The Morgan fingerprint density at radius 3 is 0.694 bits per heavy atom. The molecule has 3 heteroatoms. The summed E-state index contributed by atoms with van der Waals surface area (Å²) in [7, 11) is 0. The van der Waals surface area contributed by atoms with E-state index in [0.29, 0.717) is 6.42 Å². The van der Waals surface area contributed by atoms with Crippen molar-refractivity contribution in [3.8, 4) is 0 Å². The third-order valence-electron chi connectivity index (χ3n) is 7.74. The molecule has 2 nitrogen and oxygen atoms in total. The van der Waals surface area contributed by atoms with Gasteiger partial charge in [-0.2, -0.15) is 0 Å². The van der Waals surface area contributed by atoms with Gasteiger partial charge in [0.1, 0.15) is 0 Å². The molecule has 214 valence electrons. The third-order valence-corrected chi connectivity index (χ3v) is 7.74. The van der Waals surface area contributed by atoms with Gasteiger partial charge in [0.05, 0.1) is 0 Å². The molecule has 0 aromatic heterocycles. The van der Waals surface area contributed by atoms with Crippen LogP contribution in [-0.2, 0) is 4.79 Å². The first-order chi connectivity index (χ1) is 17.3. The molecule has 0 heterocycles. The van der Waals surface area contributed by atoms with Crippen molar-refractivity contribution in [3.63, 3.8) is 0 Å². The third kappa shape index (κ3) is 36.9. The van der Waals surface area contributed by atoms with E-state index < -0.39 is 5.97 Å². The predicted molar refractivity (Wildman–Crippen MR) is 165 cm³/mol. The number of carbonyl (C=O) groups is 1. The molecule has 1 N–H and O–H groups in total. The maximum atomic E-state index is 10.5. The fourth-order valence-corrected chi connectivity index (χ4v) is 5.30. The van der Waals surface area contributed by atoms with Crippen LogP contribution in [0.5, 0.6) is 0 Å². The van der Waals surface area contributed by atoms with E-state index in [0.717, 1.165) is 12.8 Å². The van der Waals surface area contributed by atoms with Crippen molar-refractivity contribution in [3.05, 3.63) is 0 Å². The van der Waals surface area contributed by atoms with Crippen molar-refractivity contribution >= 4 is 43.7 Å². The number of aliphatic carboxylic acids is 1. The summed E-state index contributed by atoms with van der Waals surface area (Å²) < 4.78 is 0. The Balaban J connectivity index is 0. The molecule has 0 saturated heterocycles. The van der Waals surface area contributed by atoms with Crippen LogP contribution in [0.25, 0.3) is 0 Å². The zero-order valence-corrected chi connectivity index (χ0v) is 24.3. The zero-order valence-electron chi connectivity index (χ0n) is 24.3. The normalized spacial score (nSPS) is 11.0. The van der Waals surface area contributed by atoms with Crippen LogP contribution >= 0.6 is 0 Å². The average Bonchev–Trinajstić information content (AvgIpc) is 2.85. The monoisotopic (exact) mass is 536 g/mol. The Bertz CT molecular complexity index is 399. The van der Waals surface area contributed by atoms with Gasteiger partial charge in [-0.15, -0.1) is 0 Å². The van der Waals surface area contributed by atoms with Crippen LogP contribution in [0.1, 0.15) is 206 Å². The van der Waals surface area contributed by atoms with Gasteiger partial charge in [-0.25, -0.2) is 0 Å². The first kappa shape index (κ1) is 38.9. The average molecular weight is 537 g/mol. The first-order valence-corrected chi connectivity index (χ1v) is 16.5. The number of hydrogen-bond donors (Lipinski definition) is 1. The van der Waals surface area contributed by atoms with Crippen molar-refractivity contribution in [2.45, 2.75) is 206 Å². The van der Waals surface area contributed by atoms with Gasteiger partial charge in [0.15, 0.2) is 0 Å². The predicted octanol–water partition coefficient (Wildman–Crippen LogP) is 11.3. The molecule has 0 fully saturated rings. The van der Waals surface area contributed by atoms with E-state index in [4.69, 9.17) is 5.11 Å². The molecular weight excluding hydrogens is 468 g/mol. The Kier molecular flexibility index (Phi) is 38.6. The minimum absolute atomic E-state index is 0. The fourth-order valence-electron chi connectivity index (χ4n) is 5.30. The van der Waals surface area contributed by atoms with Crippen LogP contribution in [0.15, 0.2) is 0 Å². The summed E-state index contributed by atoms with van der Waals surface area (Å²) in [5.41, 5.74) is 0. The molecule has 36 heavy (non-hydrogen) atoms. The van der Waals surface area contributed by atoms with Gasteiger partial charge >= 0.3 is 43.7 Å². The summed E-state index contributed by atoms with van der Waals surface area (Å²) in [5.74, 6) is -0.648. The SMILES string of the molecule is CCCCCCCCCCCCCCCCCCCCCCCCCCCCCCCCC(=O)O.[CaH2].